The van der Waals surface area contributed by atoms with Crippen molar-refractivity contribution in [2.24, 2.45) is 0 Å². The molecule has 0 aromatic heterocycles. The van der Waals surface area contributed by atoms with Gasteiger partial charge in [-0.25, -0.2) is 0 Å². The summed E-state index contributed by atoms with van der Waals surface area (Å²) >= 11 is 0. The summed E-state index contributed by atoms with van der Waals surface area (Å²) < 4.78 is 5.21. The molecule has 1 aliphatic rings. The van der Waals surface area contributed by atoms with Gasteiger partial charge in [0.05, 0.1) is 13.5 Å². The summed E-state index contributed by atoms with van der Waals surface area (Å²) in [7, 11) is 1.62. The molecule has 1 heterocycles. The third kappa shape index (κ3) is 4.48. The second-order valence-corrected chi connectivity index (χ2v) is 7.00. The fourth-order valence-corrected chi connectivity index (χ4v) is 3.28. The summed E-state index contributed by atoms with van der Waals surface area (Å²) in [6.07, 6.45) is 0.350. The highest BCUT2D eigenvalue weighted by Crippen LogP contribution is 2.16. The van der Waals surface area contributed by atoms with Gasteiger partial charge in [-0.2, -0.15) is 0 Å². The van der Waals surface area contributed by atoms with Crippen molar-refractivity contribution in [1.29, 1.82) is 0 Å². The fraction of sp³-hybridized carbons (Fsp3) is 0.364. The zero-order valence-electron chi connectivity index (χ0n) is 16.2. The number of amides is 2. The Labute approximate surface area is 160 Å². The van der Waals surface area contributed by atoms with Crippen LogP contribution in [0.2, 0.25) is 0 Å². The van der Waals surface area contributed by atoms with E-state index in [9.17, 15) is 9.59 Å². The number of hydrogen-bond acceptors (Lipinski definition) is 3. The van der Waals surface area contributed by atoms with Crippen molar-refractivity contribution < 1.29 is 14.3 Å². The Kier molecular flexibility index (Phi) is 5.79. The van der Waals surface area contributed by atoms with Gasteiger partial charge in [0.15, 0.2) is 0 Å². The molecule has 0 N–H and O–H groups in total. The van der Waals surface area contributed by atoms with E-state index in [4.69, 9.17) is 4.74 Å². The minimum Gasteiger partial charge on any atom is -0.497 e. The number of aryl methyl sites for hydroxylation is 2. The van der Waals surface area contributed by atoms with E-state index < -0.39 is 0 Å². The van der Waals surface area contributed by atoms with E-state index in [2.05, 4.69) is 0 Å². The first-order valence-electron chi connectivity index (χ1n) is 9.25. The van der Waals surface area contributed by atoms with Crippen molar-refractivity contribution in [3.05, 3.63) is 64.7 Å². The van der Waals surface area contributed by atoms with Gasteiger partial charge in [-0.1, -0.05) is 18.2 Å². The second kappa shape index (κ2) is 8.25. The number of nitrogens with zero attached hydrogens (tertiary/aromatic N) is 2. The lowest BCUT2D eigenvalue weighted by Gasteiger charge is -2.35. The monoisotopic (exact) mass is 366 g/mol. The number of ether oxygens (including phenoxy) is 1. The molecule has 1 saturated heterocycles. The number of piperazine rings is 1. The molecule has 5 heteroatoms. The molecule has 0 spiro atoms. The highest BCUT2D eigenvalue weighted by molar-refractivity contribution is 5.94. The van der Waals surface area contributed by atoms with Crippen molar-refractivity contribution in [2.75, 3.05) is 33.3 Å². The van der Waals surface area contributed by atoms with E-state index >= 15 is 0 Å². The lowest BCUT2D eigenvalue weighted by molar-refractivity contribution is -0.131. The predicted octanol–water partition coefficient (Wildman–Crippen LogP) is 2.84. The van der Waals surface area contributed by atoms with Gasteiger partial charge in [-0.15, -0.1) is 0 Å². The maximum Gasteiger partial charge on any atom is 0.253 e. The van der Waals surface area contributed by atoms with E-state index in [0.29, 0.717) is 38.2 Å². The smallest absolute Gasteiger partial charge is 0.253 e. The van der Waals surface area contributed by atoms with Crippen LogP contribution in [0.4, 0.5) is 0 Å². The van der Waals surface area contributed by atoms with Crippen LogP contribution in [-0.2, 0) is 11.2 Å². The Morgan fingerprint density at radius 1 is 0.926 bits per heavy atom. The van der Waals surface area contributed by atoms with Crippen molar-refractivity contribution in [3.8, 4) is 5.75 Å². The molecule has 2 amide bonds. The molecule has 5 nitrogen and oxygen atoms in total. The van der Waals surface area contributed by atoms with Gasteiger partial charge in [0, 0.05) is 31.7 Å². The lowest BCUT2D eigenvalue weighted by atomic mass is 10.1. The zero-order chi connectivity index (χ0) is 19.4. The topological polar surface area (TPSA) is 49.9 Å². The first-order chi connectivity index (χ1) is 13.0. The third-order valence-electron chi connectivity index (χ3n) is 5.16. The van der Waals surface area contributed by atoms with Gasteiger partial charge in [-0.3, -0.25) is 9.59 Å². The van der Waals surface area contributed by atoms with Gasteiger partial charge in [0.1, 0.15) is 5.75 Å². The van der Waals surface area contributed by atoms with Crippen molar-refractivity contribution in [1.82, 2.24) is 9.80 Å². The molecule has 0 bridgehead atoms. The molecule has 142 valence electrons. The van der Waals surface area contributed by atoms with Crippen LogP contribution in [-0.4, -0.2) is 54.9 Å². The standard InChI is InChI=1S/C22H26N2O3/c1-16-7-8-19(13-17(16)2)22(26)24-11-9-23(10-12-24)21(25)15-18-5-4-6-20(14-18)27-3/h4-8,13-14H,9-12,15H2,1-3H3. The maximum absolute atomic E-state index is 12.7. The van der Waals surface area contributed by atoms with E-state index in [1.807, 2.05) is 66.1 Å². The van der Waals surface area contributed by atoms with Crippen LogP contribution in [0.5, 0.6) is 5.75 Å². The van der Waals surface area contributed by atoms with Crippen LogP contribution in [0, 0.1) is 13.8 Å². The molecular weight excluding hydrogens is 340 g/mol. The SMILES string of the molecule is COc1cccc(CC(=O)N2CCN(C(=O)c3ccc(C)c(C)c3)CC2)c1. The average molecular weight is 366 g/mol. The van der Waals surface area contributed by atoms with Crippen LogP contribution in [0.15, 0.2) is 42.5 Å². The molecule has 0 aliphatic carbocycles. The lowest BCUT2D eigenvalue weighted by Crippen LogP contribution is -2.51. The molecule has 0 radical (unpaired) electrons. The molecule has 1 aliphatic heterocycles. The average Bonchev–Trinajstić information content (AvgIpc) is 2.69. The molecule has 1 fully saturated rings. The van der Waals surface area contributed by atoms with Crippen LogP contribution in [0.1, 0.15) is 27.0 Å². The van der Waals surface area contributed by atoms with E-state index in [-0.39, 0.29) is 11.8 Å². The summed E-state index contributed by atoms with van der Waals surface area (Å²) in [4.78, 5) is 29.0. The molecule has 27 heavy (non-hydrogen) atoms. The largest absolute Gasteiger partial charge is 0.497 e. The molecule has 0 saturated carbocycles. The van der Waals surface area contributed by atoms with E-state index in [1.54, 1.807) is 7.11 Å². The van der Waals surface area contributed by atoms with Crippen molar-refractivity contribution >= 4 is 11.8 Å². The number of benzene rings is 2. The Bertz CT molecular complexity index is 839. The van der Waals surface area contributed by atoms with Crippen LogP contribution >= 0.6 is 0 Å². The maximum atomic E-state index is 12.7. The molecule has 0 unspecified atom stereocenters. The number of carbonyl (C=O) groups is 2. The van der Waals surface area contributed by atoms with E-state index in [0.717, 1.165) is 16.9 Å². The molecule has 0 atom stereocenters. The fourth-order valence-electron chi connectivity index (χ4n) is 3.28. The second-order valence-electron chi connectivity index (χ2n) is 7.00. The molecule has 2 aromatic rings. The van der Waals surface area contributed by atoms with Crippen LogP contribution < -0.4 is 4.74 Å². The summed E-state index contributed by atoms with van der Waals surface area (Å²) in [5, 5.41) is 0. The Hall–Kier alpha value is -2.82. The van der Waals surface area contributed by atoms with Crippen LogP contribution in [0.25, 0.3) is 0 Å². The molecular formula is C22H26N2O3. The predicted molar refractivity (Wildman–Crippen MR) is 105 cm³/mol. The highest BCUT2D eigenvalue weighted by Gasteiger charge is 2.25. The first-order valence-corrected chi connectivity index (χ1v) is 9.25. The Morgan fingerprint density at radius 2 is 1.63 bits per heavy atom. The summed E-state index contributed by atoms with van der Waals surface area (Å²) in [6.45, 7) is 6.32. The van der Waals surface area contributed by atoms with Crippen molar-refractivity contribution in [3.63, 3.8) is 0 Å². The first kappa shape index (κ1) is 19.0. The Morgan fingerprint density at radius 3 is 2.30 bits per heavy atom. The normalized spacial score (nSPS) is 14.2. The van der Waals surface area contributed by atoms with Gasteiger partial charge >= 0.3 is 0 Å². The minimum absolute atomic E-state index is 0.0398. The number of methoxy groups -OCH3 is 1. The highest BCUT2D eigenvalue weighted by atomic mass is 16.5. The van der Waals surface area contributed by atoms with Gasteiger partial charge in [-0.05, 0) is 54.8 Å². The zero-order valence-corrected chi connectivity index (χ0v) is 16.2. The summed E-state index contributed by atoms with van der Waals surface area (Å²) in [5.74, 6) is 0.878. The number of rotatable bonds is 4. The minimum atomic E-state index is 0.0398. The van der Waals surface area contributed by atoms with Gasteiger partial charge in [0.25, 0.3) is 5.91 Å². The number of hydrogen-bond donors (Lipinski definition) is 0. The summed E-state index contributed by atoms with van der Waals surface area (Å²) in [5.41, 5.74) is 3.95. The van der Waals surface area contributed by atoms with Crippen molar-refractivity contribution in [2.45, 2.75) is 20.3 Å². The van der Waals surface area contributed by atoms with E-state index in [1.165, 1.54) is 5.56 Å². The van der Waals surface area contributed by atoms with Crippen LogP contribution in [0.3, 0.4) is 0 Å². The Balaban J connectivity index is 1.56. The molecule has 2 aromatic carbocycles. The quantitative estimate of drug-likeness (QED) is 0.836. The van der Waals surface area contributed by atoms with Gasteiger partial charge in [0.2, 0.25) is 5.91 Å². The molecule has 3 rings (SSSR count). The number of carbonyl (C=O) groups excluding carboxylic acids is 2. The van der Waals surface area contributed by atoms with Gasteiger partial charge < -0.3 is 14.5 Å². The summed E-state index contributed by atoms with van der Waals surface area (Å²) in [6, 6.07) is 13.4. The third-order valence-corrected chi connectivity index (χ3v) is 5.16.